The molecule has 0 bridgehead atoms. The minimum absolute atomic E-state index is 0.187. The second-order valence-corrected chi connectivity index (χ2v) is 10.5. The lowest BCUT2D eigenvalue weighted by Crippen LogP contribution is -2.19. The van der Waals surface area contributed by atoms with E-state index in [9.17, 15) is 14.9 Å². The second-order valence-electron chi connectivity index (χ2n) is 10.5. The molecule has 0 spiro atoms. The number of aryl methyl sites for hydroxylation is 1. The van der Waals surface area contributed by atoms with E-state index in [1.165, 1.54) is 13.3 Å². The molecule has 0 aliphatic carbocycles. The summed E-state index contributed by atoms with van der Waals surface area (Å²) in [6.45, 7) is 8.16. The summed E-state index contributed by atoms with van der Waals surface area (Å²) in [6, 6.07) is 24.1. The third-order valence-electron chi connectivity index (χ3n) is 6.47. The van der Waals surface area contributed by atoms with Gasteiger partial charge in [-0.05, 0) is 65.9 Å². The van der Waals surface area contributed by atoms with Gasteiger partial charge in [-0.15, -0.1) is 0 Å². The average Bonchev–Trinajstić information content (AvgIpc) is 2.96. The number of ether oxygens (including phenoxy) is 2. The van der Waals surface area contributed by atoms with Crippen molar-refractivity contribution in [2.24, 2.45) is 0 Å². The van der Waals surface area contributed by atoms with Gasteiger partial charge in [0.15, 0.2) is 0 Å². The predicted octanol–water partition coefficient (Wildman–Crippen LogP) is 6.65. The summed E-state index contributed by atoms with van der Waals surface area (Å²) in [5, 5.41) is 15.3. The molecule has 0 aliphatic rings. The zero-order valence-electron chi connectivity index (χ0n) is 23.7. The number of rotatable bonds is 8. The molecule has 0 aliphatic heterocycles. The number of nitrogens with zero attached hydrogens (tertiary/aromatic N) is 2. The summed E-state index contributed by atoms with van der Waals surface area (Å²) < 4.78 is 11.2. The molecule has 2 N–H and O–H groups in total. The van der Waals surface area contributed by atoms with E-state index in [0.717, 1.165) is 11.1 Å². The molecule has 1 aromatic heterocycles. The van der Waals surface area contributed by atoms with Crippen molar-refractivity contribution >= 4 is 23.2 Å². The first kappa shape index (κ1) is 28.8. The van der Waals surface area contributed by atoms with Crippen molar-refractivity contribution in [1.82, 2.24) is 4.98 Å². The average molecular weight is 549 g/mol. The van der Waals surface area contributed by atoms with E-state index in [-0.39, 0.29) is 28.2 Å². The summed E-state index contributed by atoms with van der Waals surface area (Å²) in [6.07, 6.45) is 1.48. The van der Waals surface area contributed by atoms with Crippen LogP contribution in [0, 0.1) is 18.3 Å². The molecule has 208 valence electrons. The minimum atomic E-state index is -0.479. The fraction of sp³-hybridized carbons (Fsp3) is 0.212. The van der Waals surface area contributed by atoms with E-state index in [4.69, 9.17) is 9.47 Å². The molecule has 1 heterocycles. The number of pyridine rings is 1. The van der Waals surface area contributed by atoms with Crippen LogP contribution in [0.5, 0.6) is 11.5 Å². The summed E-state index contributed by atoms with van der Waals surface area (Å²) in [4.78, 5) is 30.8. The van der Waals surface area contributed by atoms with Crippen LogP contribution in [-0.2, 0) is 12.0 Å². The van der Waals surface area contributed by atoms with Gasteiger partial charge in [-0.3, -0.25) is 14.6 Å². The Hall–Kier alpha value is -5.16. The van der Waals surface area contributed by atoms with Crippen LogP contribution in [0.3, 0.4) is 0 Å². The van der Waals surface area contributed by atoms with Crippen LogP contribution in [0.25, 0.3) is 0 Å². The van der Waals surface area contributed by atoms with Gasteiger partial charge in [-0.1, -0.05) is 51.1 Å². The first-order valence-electron chi connectivity index (χ1n) is 13.1. The number of carbonyl (C=O) groups is 2. The number of nitrogens with one attached hydrogen (secondary N) is 2. The summed E-state index contributed by atoms with van der Waals surface area (Å²) in [5.74, 6) is 0.0165. The van der Waals surface area contributed by atoms with Crippen LogP contribution in [0.1, 0.15) is 63.9 Å². The van der Waals surface area contributed by atoms with Gasteiger partial charge < -0.3 is 20.1 Å². The number of carbonyl (C=O) groups excluding carboxylic acids is 2. The molecule has 0 unspecified atom stereocenters. The van der Waals surface area contributed by atoms with Crippen LogP contribution in [0.4, 0.5) is 11.4 Å². The van der Waals surface area contributed by atoms with Gasteiger partial charge in [0.25, 0.3) is 11.8 Å². The highest BCUT2D eigenvalue weighted by atomic mass is 16.5. The molecular formula is C33H32N4O4. The smallest absolute Gasteiger partial charge is 0.259 e. The number of benzene rings is 3. The number of amides is 2. The Bertz CT molecular complexity index is 1600. The Labute approximate surface area is 240 Å². The van der Waals surface area contributed by atoms with Crippen molar-refractivity contribution in [2.75, 3.05) is 17.7 Å². The maximum Gasteiger partial charge on any atom is 0.259 e. The van der Waals surface area contributed by atoms with E-state index in [1.54, 1.807) is 49.4 Å². The molecule has 0 saturated heterocycles. The zero-order chi connectivity index (χ0) is 29.6. The van der Waals surface area contributed by atoms with E-state index in [0.29, 0.717) is 35.0 Å². The second kappa shape index (κ2) is 12.3. The van der Waals surface area contributed by atoms with Crippen molar-refractivity contribution in [3.05, 3.63) is 113 Å². The predicted molar refractivity (Wildman–Crippen MR) is 159 cm³/mol. The molecule has 0 radical (unpaired) electrons. The van der Waals surface area contributed by atoms with Gasteiger partial charge >= 0.3 is 0 Å². The quantitative estimate of drug-likeness (QED) is 0.255. The fourth-order valence-electron chi connectivity index (χ4n) is 4.14. The molecule has 2 amide bonds. The third kappa shape index (κ3) is 7.08. The first-order valence-corrected chi connectivity index (χ1v) is 13.1. The standard InChI is InChI=1S/C33H32N4O4/c1-21-28(31(38)36-25-11-13-27(14-12-25)41-20-22-9-7-6-8-10-22)17-26(19-35-21)37-32(39)29-16-24(33(2,3)4)15-23(18-34)30(29)40-5/h6-17,19H,20H2,1-5H3,(H,36,38)(H,37,39). The lowest BCUT2D eigenvalue weighted by atomic mass is 9.84. The number of hydrogen-bond donors (Lipinski definition) is 2. The highest BCUT2D eigenvalue weighted by Crippen LogP contribution is 2.32. The molecule has 4 aromatic rings. The largest absolute Gasteiger partial charge is 0.495 e. The van der Waals surface area contributed by atoms with Gasteiger partial charge in [-0.25, -0.2) is 0 Å². The van der Waals surface area contributed by atoms with Crippen molar-refractivity contribution in [3.8, 4) is 17.6 Å². The third-order valence-corrected chi connectivity index (χ3v) is 6.47. The maximum atomic E-state index is 13.3. The molecule has 0 atom stereocenters. The summed E-state index contributed by atoms with van der Waals surface area (Å²) in [7, 11) is 1.42. The van der Waals surface area contributed by atoms with E-state index in [1.807, 2.05) is 51.1 Å². The van der Waals surface area contributed by atoms with E-state index < -0.39 is 5.91 Å². The number of hydrogen-bond acceptors (Lipinski definition) is 6. The number of aromatic nitrogens is 1. The molecule has 8 heteroatoms. The van der Waals surface area contributed by atoms with Gasteiger partial charge in [0.1, 0.15) is 24.2 Å². The van der Waals surface area contributed by atoms with Gasteiger partial charge in [-0.2, -0.15) is 5.26 Å². The van der Waals surface area contributed by atoms with Crippen molar-refractivity contribution in [3.63, 3.8) is 0 Å². The lowest BCUT2D eigenvalue weighted by molar-refractivity contribution is 0.101. The van der Waals surface area contributed by atoms with Crippen LogP contribution in [-0.4, -0.2) is 23.9 Å². The molecule has 0 saturated carbocycles. The van der Waals surface area contributed by atoms with Crippen molar-refractivity contribution in [1.29, 1.82) is 5.26 Å². The molecule has 8 nitrogen and oxygen atoms in total. The van der Waals surface area contributed by atoms with Crippen LogP contribution in [0.2, 0.25) is 0 Å². The Balaban J connectivity index is 1.49. The Kier molecular flexibility index (Phi) is 8.69. The van der Waals surface area contributed by atoms with Crippen LogP contribution in [0.15, 0.2) is 79.0 Å². The van der Waals surface area contributed by atoms with E-state index >= 15 is 0 Å². The monoisotopic (exact) mass is 548 g/mol. The normalized spacial score (nSPS) is 10.8. The molecule has 41 heavy (non-hydrogen) atoms. The number of anilines is 2. The van der Waals surface area contributed by atoms with Crippen molar-refractivity contribution < 1.29 is 19.1 Å². The van der Waals surface area contributed by atoms with Gasteiger partial charge in [0.2, 0.25) is 0 Å². The minimum Gasteiger partial charge on any atom is -0.495 e. The molecule has 4 rings (SSSR count). The molecular weight excluding hydrogens is 516 g/mol. The number of methoxy groups -OCH3 is 1. The Morgan fingerprint density at radius 1 is 0.902 bits per heavy atom. The topological polar surface area (TPSA) is 113 Å². The van der Waals surface area contributed by atoms with E-state index in [2.05, 4.69) is 21.7 Å². The van der Waals surface area contributed by atoms with Crippen LogP contribution < -0.4 is 20.1 Å². The number of nitriles is 1. The fourth-order valence-corrected chi connectivity index (χ4v) is 4.14. The molecule has 0 fully saturated rings. The van der Waals surface area contributed by atoms with Crippen LogP contribution >= 0.6 is 0 Å². The SMILES string of the molecule is COc1c(C#N)cc(C(C)(C)C)cc1C(=O)Nc1cnc(C)c(C(=O)Nc2ccc(OCc3ccccc3)cc2)c1. The summed E-state index contributed by atoms with van der Waals surface area (Å²) in [5.41, 5.74) is 3.80. The van der Waals surface area contributed by atoms with Gasteiger partial charge in [0, 0.05) is 5.69 Å². The Morgan fingerprint density at radius 2 is 1.56 bits per heavy atom. The first-order chi connectivity index (χ1) is 19.6. The summed E-state index contributed by atoms with van der Waals surface area (Å²) >= 11 is 0. The lowest BCUT2D eigenvalue weighted by Gasteiger charge is -2.22. The van der Waals surface area contributed by atoms with Crippen molar-refractivity contribution in [2.45, 2.75) is 39.7 Å². The van der Waals surface area contributed by atoms with Gasteiger partial charge in [0.05, 0.1) is 41.4 Å². The molecule has 3 aromatic carbocycles. The highest BCUT2D eigenvalue weighted by Gasteiger charge is 2.23. The highest BCUT2D eigenvalue weighted by molar-refractivity contribution is 6.09. The Morgan fingerprint density at radius 3 is 2.20 bits per heavy atom. The maximum absolute atomic E-state index is 13.3. The zero-order valence-corrected chi connectivity index (χ0v) is 23.7.